The van der Waals surface area contributed by atoms with Crippen molar-refractivity contribution in [2.75, 3.05) is 40.3 Å². The highest BCUT2D eigenvalue weighted by molar-refractivity contribution is 5.76. The number of likely N-dealkylation sites (N-methyl/N-ethyl adjacent to an activating group) is 2. The van der Waals surface area contributed by atoms with Crippen LogP contribution < -0.4 is 0 Å². The van der Waals surface area contributed by atoms with Gasteiger partial charge in [-0.1, -0.05) is 13.8 Å². The molecule has 1 fully saturated rings. The van der Waals surface area contributed by atoms with Gasteiger partial charge >= 0.3 is 0 Å². The topological polar surface area (TPSA) is 45.7 Å². The average molecular weight is 376 g/mol. The number of amides is 1. The molecule has 0 radical (unpaired) electrons. The molecule has 1 unspecified atom stereocenters. The molecule has 2 heterocycles. The van der Waals surface area contributed by atoms with Gasteiger partial charge in [0.1, 0.15) is 0 Å². The molecule has 1 amide bonds. The summed E-state index contributed by atoms with van der Waals surface area (Å²) in [6.45, 7) is 9.85. The summed E-state index contributed by atoms with van der Waals surface area (Å²) in [7, 11) is 4.07. The van der Waals surface area contributed by atoms with E-state index in [0.717, 1.165) is 51.2 Å². The molecule has 0 N–H and O–H groups in total. The van der Waals surface area contributed by atoms with Gasteiger partial charge in [0.2, 0.25) is 5.91 Å². The summed E-state index contributed by atoms with van der Waals surface area (Å²) in [5, 5.41) is 0. The zero-order valence-corrected chi connectivity index (χ0v) is 17.8. The van der Waals surface area contributed by atoms with Gasteiger partial charge in [0, 0.05) is 37.9 Å². The van der Waals surface area contributed by atoms with Crippen LogP contribution >= 0.6 is 0 Å². The van der Waals surface area contributed by atoms with E-state index >= 15 is 0 Å². The molecule has 5 nitrogen and oxygen atoms in total. The van der Waals surface area contributed by atoms with Crippen LogP contribution in [0.5, 0.6) is 0 Å². The number of pyridine rings is 1. The molecule has 1 aromatic rings. The van der Waals surface area contributed by atoms with E-state index in [-0.39, 0.29) is 17.4 Å². The predicted molar refractivity (Wildman–Crippen MR) is 110 cm³/mol. The Labute approximate surface area is 165 Å². The SMILES string of the molecule is CCN(CCN(C)C)C(=O)CCCc1cc(C2CCC(C)(C)CO2)ccn1. The van der Waals surface area contributed by atoms with Gasteiger partial charge < -0.3 is 14.5 Å². The number of ether oxygens (including phenoxy) is 1. The smallest absolute Gasteiger partial charge is 0.222 e. The lowest BCUT2D eigenvalue weighted by Gasteiger charge is -2.34. The number of carbonyl (C=O) groups excluding carboxylic acids is 1. The maximum atomic E-state index is 12.4. The van der Waals surface area contributed by atoms with Crippen molar-refractivity contribution < 1.29 is 9.53 Å². The Morgan fingerprint density at radius 3 is 2.74 bits per heavy atom. The van der Waals surface area contributed by atoms with Crippen molar-refractivity contribution >= 4 is 5.91 Å². The fraction of sp³-hybridized carbons (Fsp3) is 0.727. The minimum Gasteiger partial charge on any atom is -0.373 e. The summed E-state index contributed by atoms with van der Waals surface area (Å²) in [4.78, 5) is 21.0. The summed E-state index contributed by atoms with van der Waals surface area (Å²) >= 11 is 0. The summed E-state index contributed by atoms with van der Waals surface area (Å²) in [5.41, 5.74) is 2.57. The molecule has 0 aliphatic carbocycles. The van der Waals surface area contributed by atoms with Crippen LogP contribution in [0.15, 0.2) is 18.3 Å². The van der Waals surface area contributed by atoms with Crippen LogP contribution in [0.4, 0.5) is 0 Å². The minimum absolute atomic E-state index is 0.183. The van der Waals surface area contributed by atoms with Crippen molar-refractivity contribution in [2.24, 2.45) is 5.41 Å². The molecule has 0 bridgehead atoms. The largest absolute Gasteiger partial charge is 0.373 e. The lowest BCUT2D eigenvalue weighted by molar-refractivity contribution is -0.131. The van der Waals surface area contributed by atoms with Crippen molar-refractivity contribution in [3.05, 3.63) is 29.6 Å². The molecule has 2 rings (SSSR count). The maximum Gasteiger partial charge on any atom is 0.222 e. The Morgan fingerprint density at radius 1 is 1.33 bits per heavy atom. The zero-order valence-electron chi connectivity index (χ0n) is 17.8. The van der Waals surface area contributed by atoms with Gasteiger partial charge in [-0.3, -0.25) is 9.78 Å². The molecule has 1 atom stereocenters. The number of nitrogens with zero attached hydrogens (tertiary/aromatic N) is 3. The quantitative estimate of drug-likeness (QED) is 0.660. The normalized spacial score (nSPS) is 19.3. The van der Waals surface area contributed by atoms with E-state index in [0.29, 0.717) is 6.42 Å². The van der Waals surface area contributed by atoms with Crippen molar-refractivity contribution in [3.63, 3.8) is 0 Å². The Morgan fingerprint density at radius 2 is 2.11 bits per heavy atom. The summed E-state index contributed by atoms with van der Waals surface area (Å²) in [5.74, 6) is 0.244. The Kier molecular flexibility index (Phi) is 8.24. The average Bonchev–Trinajstić information content (AvgIpc) is 2.62. The molecule has 152 valence electrons. The number of aromatic nitrogens is 1. The van der Waals surface area contributed by atoms with E-state index < -0.39 is 0 Å². The first-order chi connectivity index (χ1) is 12.8. The first-order valence-electron chi connectivity index (χ1n) is 10.3. The highest BCUT2D eigenvalue weighted by atomic mass is 16.5. The van der Waals surface area contributed by atoms with Crippen LogP contribution in [-0.4, -0.2) is 61.0 Å². The van der Waals surface area contributed by atoms with Crippen LogP contribution in [0.2, 0.25) is 0 Å². The third-order valence-electron chi connectivity index (χ3n) is 5.35. The second-order valence-corrected chi connectivity index (χ2v) is 8.71. The number of rotatable bonds is 9. The molecule has 1 aromatic heterocycles. The van der Waals surface area contributed by atoms with E-state index in [2.05, 4.69) is 35.9 Å². The lowest BCUT2D eigenvalue weighted by Crippen LogP contribution is -2.36. The van der Waals surface area contributed by atoms with Gasteiger partial charge in [-0.15, -0.1) is 0 Å². The molecule has 27 heavy (non-hydrogen) atoms. The number of hydrogen-bond donors (Lipinski definition) is 0. The fourth-order valence-corrected chi connectivity index (χ4v) is 3.46. The number of hydrogen-bond acceptors (Lipinski definition) is 4. The monoisotopic (exact) mass is 375 g/mol. The highest BCUT2D eigenvalue weighted by Gasteiger charge is 2.28. The van der Waals surface area contributed by atoms with E-state index in [1.54, 1.807) is 0 Å². The molecule has 0 spiro atoms. The van der Waals surface area contributed by atoms with Crippen molar-refractivity contribution in [1.82, 2.24) is 14.8 Å². The Hall–Kier alpha value is -1.46. The van der Waals surface area contributed by atoms with Crippen LogP contribution in [0, 0.1) is 5.41 Å². The molecule has 5 heteroatoms. The third kappa shape index (κ3) is 7.23. The van der Waals surface area contributed by atoms with Gasteiger partial charge in [0.25, 0.3) is 0 Å². The first kappa shape index (κ1) is 21.8. The van der Waals surface area contributed by atoms with E-state index in [4.69, 9.17) is 4.74 Å². The van der Waals surface area contributed by atoms with Gasteiger partial charge in [-0.2, -0.15) is 0 Å². The van der Waals surface area contributed by atoms with E-state index in [9.17, 15) is 4.79 Å². The van der Waals surface area contributed by atoms with Crippen molar-refractivity contribution in [1.29, 1.82) is 0 Å². The van der Waals surface area contributed by atoms with Crippen LogP contribution in [0.1, 0.15) is 63.8 Å². The molecule has 0 aromatic carbocycles. The van der Waals surface area contributed by atoms with Crippen molar-refractivity contribution in [2.45, 2.75) is 59.0 Å². The van der Waals surface area contributed by atoms with Gasteiger partial charge in [-0.05, 0) is 69.8 Å². The number of aryl methyl sites for hydroxylation is 1. The molecule has 0 saturated carbocycles. The maximum absolute atomic E-state index is 12.4. The van der Waals surface area contributed by atoms with E-state index in [1.807, 2.05) is 32.1 Å². The fourth-order valence-electron chi connectivity index (χ4n) is 3.46. The molecular formula is C22H37N3O2. The summed E-state index contributed by atoms with van der Waals surface area (Å²) < 4.78 is 6.08. The second-order valence-electron chi connectivity index (χ2n) is 8.71. The van der Waals surface area contributed by atoms with Crippen LogP contribution in [0.25, 0.3) is 0 Å². The van der Waals surface area contributed by atoms with E-state index in [1.165, 1.54) is 12.0 Å². The molecule has 1 aliphatic rings. The molecule has 1 aliphatic heterocycles. The standard InChI is InChI=1S/C22H37N3O2/c1-6-25(15-14-24(4)5)21(26)9-7-8-19-16-18(11-13-23-19)20-10-12-22(2,3)17-27-20/h11,13,16,20H,6-10,12,14-15,17H2,1-5H3. The predicted octanol–water partition coefficient (Wildman–Crippen LogP) is 3.69. The highest BCUT2D eigenvalue weighted by Crippen LogP contribution is 2.36. The minimum atomic E-state index is 0.183. The summed E-state index contributed by atoms with van der Waals surface area (Å²) in [6.07, 6.45) is 6.57. The third-order valence-corrected chi connectivity index (χ3v) is 5.35. The van der Waals surface area contributed by atoms with Gasteiger partial charge in [-0.25, -0.2) is 0 Å². The number of carbonyl (C=O) groups is 1. The first-order valence-corrected chi connectivity index (χ1v) is 10.3. The molecular weight excluding hydrogens is 338 g/mol. The zero-order chi connectivity index (χ0) is 19.9. The second kappa shape index (κ2) is 10.2. The summed E-state index contributed by atoms with van der Waals surface area (Å²) in [6, 6.07) is 4.23. The van der Waals surface area contributed by atoms with Gasteiger partial charge in [0.15, 0.2) is 0 Å². The Balaban J connectivity index is 1.81. The lowest BCUT2D eigenvalue weighted by atomic mass is 9.84. The van der Waals surface area contributed by atoms with Gasteiger partial charge in [0.05, 0.1) is 12.7 Å². The van der Waals surface area contributed by atoms with Crippen LogP contribution in [-0.2, 0) is 16.0 Å². The molecule has 1 saturated heterocycles. The van der Waals surface area contributed by atoms with Crippen molar-refractivity contribution in [3.8, 4) is 0 Å². The Bertz CT molecular complexity index is 591. The van der Waals surface area contributed by atoms with Crippen LogP contribution in [0.3, 0.4) is 0 Å².